The SMILES string of the molecule is COC(=O)c1scc(-c2ccc(C)cc2)c1S(=O)(=O)Nc1ccc(C(C)C)cc1. The second-order valence-electron chi connectivity index (χ2n) is 7.05. The van der Waals surface area contributed by atoms with E-state index >= 15 is 0 Å². The van der Waals surface area contributed by atoms with E-state index in [2.05, 4.69) is 18.6 Å². The van der Waals surface area contributed by atoms with E-state index in [4.69, 9.17) is 4.74 Å². The molecule has 0 fully saturated rings. The number of anilines is 1. The standard InChI is InChI=1S/C22H23NO4S2/c1-14(2)16-9-11-18(12-10-16)23-29(25,26)21-19(13-28-20(21)22(24)27-4)17-7-5-15(3)6-8-17/h5-14,23H,1-4H3. The molecule has 0 spiro atoms. The lowest BCUT2D eigenvalue weighted by atomic mass is 10.0. The molecule has 0 saturated carbocycles. The lowest BCUT2D eigenvalue weighted by Crippen LogP contribution is -2.16. The fourth-order valence-electron chi connectivity index (χ4n) is 2.92. The molecule has 7 heteroatoms. The molecule has 3 rings (SSSR count). The maximum Gasteiger partial charge on any atom is 0.349 e. The highest BCUT2D eigenvalue weighted by molar-refractivity contribution is 7.93. The van der Waals surface area contributed by atoms with Gasteiger partial charge in [0, 0.05) is 16.6 Å². The smallest absolute Gasteiger partial charge is 0.349 e. The average Bonchev–Trinajstić information content (AvgIpc) is 3.14. The number of esters is 1. The summed E-state index contributed by atoms with van der Waals surface area (Å²) in [7, 11) is -2.78. The number of ether oxygens (including phenoxy) is 1. The van der Waals surface area contributed by atoms with E-state index in [9.17, 15) is 13.2 Å². The number of rotatable bonds is 6. The first kappa shape index (κ1) is 21.1. The van der Waals surface area contributed by atoms with Crippen molar-refractivity contribution in [2.45, 2.75) is 31.6 Å². The second-order valence-corrected chi connectivity index (χ2v) is 9.55. The summed E-state index contributed by atoms with van der Waals surface area (Å²) in [4.78, 5) is 12.2. The van der Waals surface area contributed by atoms with Crippen LogP contribution in [0.1, 0.15) is 40.6 Å². The average molecular weight is 430 g/mol. The number of hydrogen-bond acceptors (Lipinski definition) is 5. The van der Waals surface area contributed by atoms with Crippen molar-refractivity contribution in [2.75, 3.05) is 11.8 Å². The molecule has 5 nitrogen and oxygen atoms in total. The van der Waals surface area contributed by atoms with Crippen LogP contribution >= 0.6 is 11.3 Å². The molecule has 29 heavy (non-hydrogen) atoms. The summed E-state index contributed by atoms with van der Waals surface area (Å²) >= 11 is 1.06. The monoisotopic (exact) mass is 429 g/mol. The minimum atomic E-state index is -4.02. The molecule has 0 aliphatic rings. The molecule has 0 atom stereocenters. The van der Waals surface area contributed by atoms with Crippen molar-refractivity contribution in [3.63, 3.8) is 0 Å². The summed E-state index contributed by atoms with van der Waals surface area (Å²) in [6.07, 6.45) is 0. The van der Waals surface area contributed by atoms with Gasteiger partial charge in [-0.05, 0) is 36.1 Å². The summed E-state index contributed by atoms with van der Waals surface area (Å²) in [5.41, 5.74) is 3.80. The van der Waals surface area contributed by atoms with Crippen LogP contribution in [0.15, 0.2) is 58.8 Å². The van der Waals surface area contributed by atoms with E-state index < -0.39 is 16.0 Å². The lowest BCUT2D eigenvalue weighted by molar-refractivity contribution is 0.0602. The molecule has 3 aromatic rings. The van der Waals surface area contributed by atoms with Gasteiger partial charge >= 0.3 is 5.97 Å². The molecule has 0 amide bonds. The predicted octanol–water partition coefficient (Wildman–Crippen LogP) is 5.43. The van der Waals surface area contributed by atoms with E-state index in [0.29, 0.717) is 17.2 Å². The van der Waals surface area contributed by atoms with E-state index in [1.165, 1.54) is 7.11 Å². The molecular weight excluding hydrogens is 406 g/mol. The topological polar surface area (TPSA) is 72.5 Å². The van der Waals surface area contributed by atoms with Gasteiger partial charge in [-0.2, -0.15) is 0 Å². The third kappa shape index (κ3) is 4.52. The molecule has 0 bridgehead atoms. The predicted molar refractivity (Wildman–Crippen MR) is 117 cm³/mol. The highest BCUT2D eigenvalue weighted by atomic mass is 32.2. The molecule has 1 aromatic heterocycles. The fourth-order valence-corrected chi connectivity index (χ4v) is 5.70. The number of benzene rings is 2. The van der Waals surface area contributed by atoms with Crippen molar-refractivity contribution >= 4 is 33.0 Å². The maximum atomic E-state index is 13.3. The van der Waals surface area contributed by atoms with Crippen LogP contribution in [0.4, 0.5) is 5.69 Å². The van der Waals surface area contributed by atoms with Gasteiger partial charge in [-0.1, -0.05) is 55.8 Å². The molecule has 152 valence electrons. The highest BCUT2D eigenvalue weighted by Crippen LogP contribution is 2.37. The Kier molecular flexibility index (Phi) is 6.10. The molecule has 1 N–H and O–H groups in total. The van der Waals surface area contributed by atoms with Crippen LogP contribution in [0.5, 0.6) is 0 Å². The first-order valence-electron chi connectivity index (χ1n) is 9.12. The quantitative estimate of drug-likeness (QED) is 0.530. The molecule has 0 unspecified atom stereocenters. The van der Waals surface area contributed by atoms with Crippen LogP contribution in [0, 0.1) is 6.92 Å². The number of sulfonamides is 1. The van der Waals surface area contributed by atoms with Crippen molar-refractivity contribution in [1.29, 1.82) is 0 Å². The molecule has 0 saturated heterocycles. The van der Waals surface area contributed by atoms with Crippen LogP contribution in [0.2, 0.25) is 0 Å². The summed E-state index contributed by atoms with van der Waals surface area (Å²) in [5, 5.41) is 1.67. The molecule has 0 aliphatic carbocycles. The highest BCUT2D eigenvalue weighted by Gasteiger charge is 2.30. The summed E-state index contributed by atoms with van der Waals surface area (Å²) < 4.78 is 34.0. The Balaban J connectivity index is 2.07. The third-order valence-electron chi connectivity index (χ3n) is 4.58. The lowest BCUT2D eigenvalue weighted by Gasteiger charge is -2.12. The normalized spacial score (nSPS) is 11.5. The Labute approximate surface area is 175 Å². The number of carbonyl (C=O) groups excluding carboxylic acids is 1. The van der Waals surface area contributed by atoms with Gasteiger partial charge in [-0.25, -0.2) is 13.2 Å². The van der Waals surface area contributed by atoms with Gasteiger partial charge in [0.25, 0.3) is 10.0 Å². The molecule has 1 heterocycles. The fraction of sp³-hybridized carbons (Fsp3) is 0.227. The first-order chi connectivity index (χ1) is 13.7. The summed E-state index contributed by atoms with van der Waals surface area (Å²) in [6, 6.07) is 14.7. The van der Waals surface area contributed by atoms with Gasteiger partial charge in [0.1, 0.15) is 9.77 Å². The number of carbonyl (C=O) groups is 1. The minimum absolute atomic E-state index is 0.0503. The Bertz CT molecular complexity index is 1110. The van der Waals surface area contributed by atoms with Gasteiger partial charge in [-0.15, -0.1) is 11.3 Å². The van der Waals surface area contributed by atoms with Crippen LogP contribution < -0.4 is 4.72 Å². The number of thiophene rings is 1. The first-order valence-corrected chi connectivity index (χ1v) is 11.5. The number of methoxy groups -OCH3 is 1. The van der Waals surface area contributed by atoms with Crippen LogP contribution in [-0.2, 0) is 14.8 Å². The summed E-state index contributed by atoms with van der Waals surface area (Å²) in [6.45, 7) is 6.10. The number of nitrogens with one attached hydrogen (secondary N) is 1. The van der Waals surface area contributed by atoms with E-state index in [0.717, 1.165) is 28.0 Å². The van der Waals surface area contributed by atoms with Crippen LogP contribution in [-0.4, -0.2) is 21.5 Å². The van der Waals surface area contributed by atoms with Crippen molar-refractivity contribution in [3.8, 4) is 11.1 Å². The number of aryl methyl sites for hydroxylation is 1. The van der Waals surface area contributed by atoms with E-state index in [-0.39, 0.29) is 9.77 Å². The molecule has 2 aromatic carbocycles. The third-order valence-corrected chi connectivity index (χ3v) is 7.13. The van der Waals surface area contributed by atoms with Gasteiger partial charge in [0.05, 0.1) is 7.11 Å². The van der Waals surface area contributed by atoms with E-state index in [1.807, 2.05) is 43.3 Å². The number of hydrogen-bond donors (Lipinski definition) is 1. The van der Waals surface area contributed by atoms with E-state index in [1.54, 1.807) is 17.5 Å². The van der Waals surface area contributed by atoms with Gasteiger partial charge in [0.2, 0.25) is 0 Å². The zero-order valence-corrected chi connectivity index (χ0v) is 18.4. The minimum Gasteiger partial charge on any atom is -0.465 e. The Morgan fingerprint density at radius 3 is 2.21 bits per heavy atom. The Morgan fingerprint density at radius 1 is 1.03 bits per heavy atom. The van der Waals surface area contributed by atoms with Crippen molar-refractivity contribution in [3.05, 3.63) is 69.9 Å². The molecule has 0 radical (unpaired) electrons. The second kappa shape index (κ2) is 8.39. The zero-order chi connectivity index (χ0) is 21.2. The molecule has 0 aliphatic heterocycles. The van der Waals surface area contributed by atoms with Crippen LogP contribution in [0.3, 0.4) is 0 Å². The largest absolute Gasteiger partial charge is 0.465 e. The van der Waals surface area contributed by atoms with Gasteiger partial charge in [-0.3, -0.25) is 4.72 Å². The van der Waals surface area contributed by atoms with Gasteiger partial charge < -0.3 is 4.74 Å². The Morgan fingerprint density at radius 2 is 1.66 bits per heavy atom. The van der Waals surface area contributed by atoms with Gasteiger partial charge in [0.15, 0.2) is 0 Å². The van der Waals surface area contributed by atoms with Crippen molar-refractivity contribution in [2.24, 2.45) is 0 Å². The van der Waals surface area contributed by atoms with Crippen molar-refractivity contribution in [1.82, 2.24) is 0 Å². The van der Waals surface area contributed by atoms with Crippen molar-refractivity contribution < 1.29 is 17.9 Å². The summed E-state index contributed by atoms with van der Waals surface area (Å²) in [5.74, 6) is -0.333. The maximum absolute atomic E-state index is 13.3. The zero-order valence-electron chi connectivity index (χ0n) is 16.7. The Hall–Kier alpha value is -2.64. The van der Waals surface area contributed by atoms with Crippen LogP contribution in [0.25, 0.3) is 11.1 Å². The molecular formula is C22H23NO4S2.